The molecule has 0 aromatic rings. The second-order valence-corrected chi connectivity index (χ2v) is 4.75. The minimum Gasteiger partial charge on any atom is -0.381 e. The van der Waals surface area contributed by atoms with Crippen LogP contribution in [0.3, 0.4) is 0 Å². The number of amides is 1. The summed E-state index contributed by atoms with van der Waals surface area (Å²) in [5.74, 6) is 3.78. The molecule has 0 N–H and O–H groups in total. The van der Waals surface area contributed by atoms with E-state index >= 15 is 0 Å². The Hall–Kier alpha value is -1.01. The first kappa shape index (κ1) is 11.5. The summed E-state index contributed by atoms with van der Waals surface area (Å²) in [6, 6.07) is 0. The van der Waals surface area contributed by atoms with Crippen LogP contribution < -0.4 is 0 Å². The van der Waals surface area contributed by atoms with Crippen LogP contribution in [0.1, 0.15) is 25.7 Å². The largest absolute Gasteiger partial charge is 0.381 e. The molecule has 3 heteroatoms. The van der Waals surface area contributed by atoms with E-state index in [9.17, 15) is 4.79 Å². The van der Waals surface area contributed by atoms with Gasteiger partial charge in [-0.15, -0.1) is 12.3 Å². The van der Waals surface area contributed by atoms with E-state index in [1.165, 1.54) is 0 Å². The maximum Gasteiger partial charge on any atom is 0.223 e. The number of terminal acetylenes is 1. The number of ether oxygens (including phenoxy) is 1. The van der Waals surface area contributed by atoms with Crippen molar-refractivity contribution in [2.75, 3.05) is 26.3 Å². The van der Waals surface area contributed by atoms with Crippen molar-refractivity contribution >= 4 is 5.91 Å². The highest BCUT2D eigenvalue weighted by Gasteiger charge is 2.28. The van der Waals surface area contributed by atoms with E-state index in [0.29, 0.717) is 6.42 Å². The fraction of sp³-hybridized carbons (Fsp3) is 0.769. The van der Waals surface area contributed by atoms with Gasteiger partial charge in [0.1, 0.15) is 0 Å². The molecule has 2 heterocycles. The van der Waals surface area contributed by atoms with E-state index in [1.807, 2.05) is 4.90 Å². The standard InChI is InChI=1S/C13H19NO2/c1-2-11-9-13(15)14(10-11)6-3-12-4-7-16-8-5-12/h1,11-12H,3-10H2. The summed E-state index contributed by atoms with van der Waals surface area (Å²) in [5.41, 5.74) is 0. The van der Waals surface area contributed by atoms with Crippen LogP contribution in [-0.4, -0.2) is 37.1 Å². The molecule has 0 aromatic heterocycles. The number of hydrogen-bond acceptors (Lipinski definition) is 2. The molecular formula is C13H19NO2. The molecule has 0 aliphatic carbocycles. The third-order valence-corrected chi connectivity index (χ3v) is 3.60. The molecule has 2 fully saturated rings. The lowest BCUT2D eigenvalue weighted by atomic mass is 9.96. The Morgan fingerprint density at radius 1 is 1.44 bits per heavy atom. The van der Waals surface area contributed by atoms with Crippen LogP contribution in [0.2, 0.25) is 0 Å². The molecule has 1 atom stereocenters. The highest BCUT2D eigenvalue weighted by atomic mass is 16.5. The number of likely N-dealkylation sites (tertiary alicyclic amines) is 1. The third-order valence-electron chi connectivity index (χ3n) is 3.60. The van der Waals surface area contributed by atoms with Gasteiger partial charge in [-0.1, -0.05) is 0 Å². The van der Waals surface area contributed by atoms with Crippen molar-refractivity contribution in [1.29, 1.82) is 0 Å². The topological polar surface area (TPSA) is 29.5 Å². The van der Waals surface area contributed by atoms with Gasteiger partial charge in [0.15, 0.2) is 0 Å². The average Bonchev–Trinajstić information content (AvgIpc) is 2.69. The summed E-state index contributed by atoms with van der Waals surface area (Å²) in [6.45, 7) is 3.40. The molecule has 2 aliphatic heterocycles. The Labute approximate surface area is 97.1 Å². The van der Waals surface area contributed by atoms with Crippen LogP contribution in [0.25, 0.3) is 0 Å². The Morgan fingerprint density at radius 3 is 2.81 bits per heavy atom. The zero-order valence-electron chi connectivity index (χ0n) is 9.65. The summed E-state index contributed by atoms with van der Waals surface area (Å²) in [5, 5.41) is 0. The third kappa shape index (κ3) is 2.76. The van der Waals surface area contributed by atoms with E-state index in [4.69, 9.17) is 11.2 Å². The molecule has 0 spiro atoms. The fourth-order valence-electron chi connectivity index (χ4n) is 2.47. The van der Waals surface area contributed by atoms with Crippen molar-refractivity contribution in [2.24, 2.45) is 11.8 Å². The zero-order chi connectivity index (χ0) is 11.4. The second-order valence-electron chi connectivity index (χ2n) is 4.75. The summed E-state index contributed by atoms with van der Waals surface area (Å²) < 4.78 is 5.32. The van der Waals surface area contributed by atoms with Gasteiger partial charge in [0.05, 0.1) is 0 Å². The van der Waals surface area contributed by atoms with Gasteiger partial charge in [-0.05, 0) is 25.2 Å². The predicted molar refractivity (Wildman–Crippen MR) is 61.7 cm³/mol. The molecule has 1 unspecified atom stereocenters. The lowest BCUT2D eigenvalue weighted by Crippen LogP contribution is -2.29. The molecule has 1 amide bonds. The minimum absolute atomic E-state index is 0.141. The SMILES string of the molecule is C#CC1CC(=O)N(CCC2CCOCC2)C1. The molecule has 2 aliphatic rings. The minimum atomic E-state index is 0.141. The number of carbonyl (C=O) groups excluding carboxylic acids is 1. The molecule has 16 heavy (non-hydrogen) atoms. The monoisotopic (exact) mass is 221 g/mol. The van der Waals surface area contributed by atoms with Crippen LogP contribution in [0.4, 0.5) is 0 Å². The molecule has 88 valence electrons. The van der Waals surface area contributed by atoms with Gasteiger partial charge in [-0.2, -0.15) is 0 Å². The van der Waals surface area contributed by atoms with Crippen LogP contribution >= 0.6 is 0 Å². The molecule has 2 saturated heterocycles. The van der Waals surface area contributed by atoms with Gasteiger partial charge in [-0.25, -0.2) is 0 Å². The van der Waals surface area contributed by atoms with Crippen molar-refractivity contribution in [3.05, 3.63) is 0 Å². The first-order chi connectivity index (χ1) is 7.79. The molecule has 0 aromatic carbocycles. The van der Waals surface area contributed by atoms with Crippen LogP contribution in [0.5, 0.6) is 0 Å². The number of rotatable bonds is 3. The van der Waals surface area contributed by atoms with E-state index < -0.39 is 0 Å². The van der Waals surface area contributed by atoms with Gasteiger partial charge in [0, 0.05) is 38.6 Å². The molecule has 0 radical (unpaired) electrons. The predicted octanol–water partition coefficient (Wildman–Crippen LogP) is 1.28. The van der Waals surface area contributed by atoms with E-state index in [1.54, 1.807) is 0 Å². The maximum atomic E-state index is 11.6. The quantitative estimate of drug-likeness (QED) is 0.672. The lowest BCUT2D eigenvalue weighted by Gasteiger charge is -2.24. The average molecular weight is 221 g/mol. The summed E-state index contributed by atoms with van der Waals surface area (Å²) in [4.78, 5) is 13.6. The smallest absolute Gasteiger partial charge is 0.223 e. The molecule has 2 rings (SSSR count). The Morgan fingerprint density at radius 2 is 2.19 bits per heavy atom. The Bertz CT molecular complexity index is 289. The molecular weight excluding hydrogens is 202 g/mol. The Kier molecular flexibility index (Phi) is 3.84. The van der Waals surface area contributed by atoms with Crippen molar-refractivity contribution in [3.63, 3.8) is 0 Å². The summed E-state index contributed by atoms with van der Waals surface area (Å²) >= 11 is 0. The van der Waals surface area contributed by atoms with Gasteiger partial charge in [-0.3, -0.25) is 4.79 Å². The first-order valence-corrected chi connectivity index (χ1v) is 6.11. The van der Waals surface area contributed by atoms with Gasteiger partial charge in [0.25, 0.3) is 0 Å². The summed E-state index contributed by atoms with van der Waals surface area (Å²) in [6.07, 6.45) is 9.28. The normalized spacial score (nSPS) is 27.1. The molecule has 3 nitrogen and oxygen atoms in total. The van der Waals surface area contributed by atoms with Crippen molar-refractivity contribution < 1.29 is 9.53 Å². The second kappa shape index (κ2) is 5.36. The van der Waals surface area contributed by atoms with Gasteiger partial charge >= 0.3 is 0 Å². The highest BCUT2D eigenvalue weighted by molar-refractivity contribution is 5.79. The lowest BCUT2D eigenvalue weighted by molar-refractivity contribution is -0.127. The van der Waals surface area contributed by atoms with Crippen LogP contribution in [0, 0.1) is 24.2 Å². The van der Waals surface area contributed by atoms with E-state index in [2.05, 4.69) is 5.92 Å². The van der Waals surface area contributed by atoms with E-state index in [-0.39, 0.29) is 11.8 Å². The first-order valence-electron chi connectivity index (χ1n) is 6.11. The fourth-order valence-corrected chi connectivity index (χ4v) is 2.47. The van der Waals surface area contributed by atoms with Crippen molar-refractivity contribution in [2.45, 2.75) is 25.7 Å². The number of carbonyl (C=O) groups is 1. The van der Waals surface area contributed by atoms with Crippen molar-refractivity contribution in [3.8, 4) is 12.3 Å². The summed E-state index contributed by atoms with van der Waals surface area (Å²) in [7, 11) is 0. The van der Waals surface area contributed by atoms with Gasteiger partial charge < -0.3 is 9.64 Å². The maximum absolute atomic E-state index is 11.6. The van der Waals surface area contributed by atoms with E-state index in [0.717, 1.165) is 51.5 Å². The number of hydrogen-bond donors (Lipinski definition) is 0. The van der Waals surface area contributed by atoms with Crippen LogP contribution in [0.15, 0.2) is 0 Å². The molecule has 0 saturated carbocycles. The molecule has 0 bridgehead atoms. The van der Waals surface area contributed by atoms with Crippen LogP contribution in [-0.2, 0) is 9.53 Å². The van der Waals surface area contributed by atoms with Crippen molar-refractivity contribution in [1.82, 2.24) is 4.90 Å². The Balaban J connectivity index is 1.73. The van der Waals surface area contributed by atoms with Gasteiger partial charge in [0.2, 0.25) is 5.91 Å². The highest BCUT2D eigenvalue weighted by Crippen LogP contribution is 2.22. The number of nitrogens with zero attached hydrogens (tertiary/aromatic N) is 1. The zero-order valence-corrected chi connectivity index (χ0v) is 9.65.